The average Bonchev–Trinajstić information content (AvgIpc) is 2.52. The maximum absolute atomic E-state index is 8.59. The van der Waals surface area contributed by atoms with Gasteiger partial charge in [-0.15, -0.1) is 0 Å². The summed E-state index contributed by atoms with van der Waals surface area (Å²) < 4.78 is 5.41. The number of hydrogen-bond acceptors (Lipinski definition) is 4. The zero-order chi connectivity index (χ0) is 14.2. The highest BCUT2D eigenvalue weighted by Gasteiger charge is 2.07. The lowest BCUT2D eigenvalue weighted by Gasteiger charge is -2.15. The summed E-state index contributed by atoms with van der Waals surface area (Å²) in [5, 5.41) is 12.0. The molecule has 0 unspecified atom stereocenters. The highest BCUT2D eigenvalue weighted by atomic mass is 16.5. The fraction of sp³-hybridized carbons (Fsp3) is 0.250. The molecule has 0 saturated heterocycles. The van der Waals surface area contributed by atoms with Crippen LogP contribution in [0.5, 0.6) is 5.75 Å². The second kappa shape index (κ2) is 7.27. The molecule has 0 bridgehead atoms. The van der Waals surface area contributed by atoms with Gasteiger partial charge in [0.25, 0.3) is 0 Å². The molecule has 2 aromatic rings. The molecule has 1 heterocycles. The van der Waals surface area contributed by atoms with E-state index in [1.807, 2.05) is 48.7 Å². The van der Waals surface area contributed by atoms with Gasteiger partial charge in [-0.2, -0.15) is 5.26 Å². The van der Waals surface area contributed by atoms with Gasteiger partial charge in [0.15, 0.2) is 6.61 Å². The Morgan fingerprint density at radius 3 is 2.90 bits per heavy atom. The van der Waals surface area contributed by atoms with Gasteiger partial charge in [0, 0.05) is 30.5 Å². The van der Waals surface area contributed by atoms with Crippen LogP contribution in [-0.4, -0.2) is 11.6 Å². The zero-order valence-electron chi connectivity index (χ0n) is 11.4. The van der Waals surface area contributed by atoms with E-state index in [2.05, 4.69) is 17.2 Å². The topological polar surface area (TPSA) is 57.9 Å². The summed E-state index contributed by atoms with van der Waals surface area (Å²) in [7, 11) is 0. The minimum absolute atomic E-state index is 0.0647. The molecule has 0 fully saturated rings. The Morgan fingerprint density at radius 2 is 2.15 bits per heavy atom. The standard InChI is InChI=1S/C16H17N3O/c1-13(14-6-4-9-18-11-14)19-12-15-5-2-3-7-16(15)20-10-8-17/h2-7,9,11,13,19H,10,12H2,1H3/t13-/m1/s1. The highest BCUT2D eigenvalue weighted by molar-refractivity contribution is 5.33. The quantitative estimate of drug-likeness (QED) is 0.874. The van der Waals surface area contributed by atoms with Gasteiger partial charge >= 0.3 is 0 Å². The number of nitriles is 1. The largest absolute Gasteiger partial charge is 0.478 e. The SMILES string of the molecule is C[C@@H](NCc1ccccc1OCC#N)c1cccnc1. The number of nitrogens with zero attached hydrogens (tertiary/aromatic N) is 2. The van der Waals surface area contributed by atoms with Crippen LogP contribution in [-0.2, 0) is 6.54 Å². The molecular weight excluding hydrogens is 250 g/mol. The average molecular weight is 267 g/mol. The van der Waals surface area contributed by atoms with Crippen molar-refractivity contribution in [1.29, 1.82) is 5.26 Å². The van der Waals surface area contributed by atoms with Gasteiger partial charge in [0.1, 0.15) is 11.8 Å². The van der Waals surface area contributed by atoms with Gasteiger partial charge in [0.05, 0.1) is 0 Å². The lowest BCUT2D eigenvalue weighted by molar-refractivity contribution is 0.361. The van der Waals surface area contributed by atoms with Gasteiger partial charge in [-0.25, -0.2) is 0 Å². The van der Waals surface area contributed by atoms with Crippen molar-refractivity contribution >= 4 is 0 Å². The Hall–Kier alpha value is -2.38. The van der Waals surface area contributed by atoms with Crippen molar-refractivity contribution in [2.24, 2.45) is 0 Å². The number of benzene rings is 1. The first-order valence-electron chi connectivity index (χ1n) is 6.52. The van der Waals surface area contributed by atoms with Gasteiger partial charge in [0.2, 0.25) is 0 Å². The summed E-state index contributed by atoms with van der Waals surface area (Å²) in [6, 6.07) is 13.9. The molecular formula is C16H17N3O. The zero-order valence-corrected chi connectivity index (χ0v) is 11.4. The van der Waals surface area contributed by atoms with Crippen LogP contribution in [0.2, 0.25) is 0 Å². The van der Waals surface area contributed by atoms with Crippen LogP contribution >= 0.6 is 0 Å². The summed E-state index contributed by atoms with van der Waals surface area (Å²) in [6.45, 7) is 2.84. The number of ether oxygens (including phenoxy) is 1. The Morgan fingerprint density at radius 1 is 1.30 bits per heavy atom. The van der Waals surface area contributed by atoms with E-state index >= 15 is 0 Å². The van der Waals surface area contributed by atoms with Crippen molar-refractivity contribution in [2.75, 3.05) is 6.61 Å². The van der Waals surface area contributed by atoms with Crippen LogP contribution in [0.25, 0.3) is 0 Å². The molecule has 102 valence electrons. The Bertz CT molecular complexity index is 578. The van der Waals surface area contributed by atoms with E-state index in [1.165, 1.54) is 0 Å². The first-order valence-corrected chi connectivity index (χ1v) is 6.52. The van der Waals surface area contributed by atoms with Crippen molar-refractivity contribution in [2.45, 2.75) is 19.5 Å². The number of para-hydroxylation sites is 1. The predicted molar refractivity (Wildman–Crippen MR) is 77.0 cm³/mol. The summed E-state index contributed by atoms with van der Waals surface area (Å²) >= 11 is 0. The molecule has 20 heavy (non-hydrogen) atoms. The second-order valence-electron chi connectivity index (χ2n) is 4.44. The first-order chi connectivity index (χ1) is 9.81. The van der Waals surface area contributed by atoms with Gasteiger partial charge in [-0.1, -0.05) is 24.3 Å². The Balaban J connectivity index is 1.99. The third-order valence-electron chi connectivity index (χ3n) is 3.05. The van der Waals surface area contributed by atoms with Gasteiger partial charge in [-0.3, -0.25) is 4.98 Å². The summed E-state index contributed by atoms with van der Waals surface area (Å²) in [6.07, 6.45) is 3.62. The normalized spacial score (nSPS) is 11.6. The molecule has 0 aliphatic heterocycles. The highest BCUT2D eigenvalue weighted by Crippen LogP contribution is 2.19. The molecule has 0 saturated carbocycles. The van der Waals surface area contributed by atoms with Crippen molar-refractivity contribution in [3.63, 3.8) is 0 Å². The third kappa shape index (κ3) is 3.81. The van der Waals surface area contributed by atoms with Crippen LogP contribution in [0.3, 0.4) is 0 Å². The molecule has 1 atom stereocenters. The molecule has 0 radical (unpaired) electrons. The van der Waals surface area contributed by atoms with E-state index < -0.39 is 0 Å². The second-order valence-corrected chi connectivity index (χ2v) is 4.44. The number of nitrogens with one attached hydrogen (secondary N) is 1. The molecule has 0 aliphatic rings. The summed E-state index contributed by atoms with van der Waals surface area (Å²) in [4.78, 5) is 4.12. The molecule has 0 spiro atoms. The van der Waals surface area contributed by atoms with Crippen LogP contribution < -0.4 is 10.1 Å². The molecule has 1 N–H and O–H groups in total. The maximum Gasteiger partial charge on any atom is 0.174 e. The molecule has 0 amide bonds. The lowest BCUT2D eigenvalue weighted by Crippen LogP contribution is -2.18. The van der Waals surface area contributed by atoms with Crippen LogP contribution in [0.1, 0.15) is 24.1 Å². The fourth-order valence-electron chi connectivity index (χ4n) is 1.91. The van der Waals surface area contributed by atoms with Crippen molar-refractivity contribution < 1.29 is 4.74 Å². The molecule has 4 nitrogen and oxygen atoms in total. The molecule has 1 aromatic heterocycles. The van der Waals surface area contributed by atoms with E-state index in [1.54, 1.807) is 6.20 Å². The summed E-state index contributed by atoms with van der Waals surface area (Å²) in [5.41, 5.74) is 2.18. The molecule has 2 rings (SSSR count). The van der Waals surface area contributed by atoms with Gasteiger partial charge in [-0.05, 0) is 24.6 Å². The Labute approximate surface area is 119 Å². The van der Waals surface area contributed by atoms with Crippen molar-refractivity contribution in [3.05, 3.63) is 59.9 Å². The maximum atomic E-state index is 8.59. The van der Waals surface area contributed by atoms with E-state index in [4.69, 9.17) is 10.00 Å². The first kappa shape index (κ1) is 14.0. The van der Waals surface area contributed by atoms with E-state index in [0.29, 0.717) is 6.54 Å². The number of hydrogen-bond donors (Lipinski definition) is 1. The predicted octanol–water partition coefficient (Wildman–Crippen LogP) is 2.83. The lowest BCUT2D eigenvalue weighted by atomic mass is 10.1. The van der Waals surface area contributed by atoms with Gasteiger partial charge < -0.3 is 10.1 Å². The van der Waals surface area contributed by atoms with Crippen molar-refractivity contribution in [1.82, 2.24) is 10.3 Å². The van der Waals surface area contributed by atoms with Crippen LogP contribution in [0.4, 0.5) is 0 Å². The van der Waals surface area contributed by atoms with Crippen molar-refractivity contribution in [3.8, 4) is 11.8 Å². The number of rotatable bonds is 6. The smallest absolute Gasteiger partial charge is 0.174 e. The molecule has 0 aliphatic carbocycles. The molecule has 1 aromatic carbocycles. The minimum Gasteiger partial charge on any atom is -0.478 e. The third-order valence-corrected chi connectivity index (χ3v) is 3.05. The Kier molecular flexibility index (Phi) is 5.10. The summed E-state index contributed by atoms with van der Waals surface area (Å²) in [5.74, 6) is 0.750. The molecule has 4 heteroatoms. The number of aromatic nitrogens is 1. The monoisotopic (exact) mass is 267 g/mol. The van der Waals surface area contributed by atoms with E-state index in [-0.39, 0.29) is 12.6 Å². The van der Waals surface area contributed by atoms with Crippen LogP contribution in [0.15, 0.2) is 48.8 Å². The number of pyridine rings is 1. The van der Waals surface area contributed by atoms with Crippen LogP contribution in [0, 0.1) is 11.3 Å². The van der Waals surface area contributed by atoms with E-state index in [0.717, 1.165) is 16.9 Å². The van der Waals surface area contributed by atoms with E-state index in [9.17, 15) is 0 Å². The minimum atomic E-state index is 0.0647. The fourth-order valence-corrected chi connectivity index (χ4v) is 1.91.